The van der Waals surface area contributed by atoms with Crippen molar-refractivity contribution >= 4 is 17.4 Å². The molecule has 31 heavy (non-hydrogen) atoms. The van der Waals surface area contributed by atoms with E-state index in [1.807, 2.05) is 37.3 Å². The van der Waals surface area contributed by atoms with Gasteiger partial charge in [-0.1, -0.05) is 25.1 Å². The highest BCUT2D eigenvalue weighted by molar-refractivity contribution is 6.00. The second-order valence-electron chi connectivity index (χ2n) is 7.77. The SMILES string of the molecule is CCc1ccc(Nc2nc(C)c3c(n2)CC(c2ccc(OC)cc2OC)CC3=O)cc1. The van der Waals surface area contributed by atoms with Crippen molar-refractivity contribution in [3.8, 4) is 11.5 Å². The number of anilines is 2. The van der Waals surface area contributed by atoms with E-state index in [4.69, 9.17) is 14.5 Å². The van der Waals surface area contributed by atoms with Gasteiger partial charge in [0.1, 0.15) is 11.5 Å². The number of aromatic nitrogens is 2. The van der Waals surface area contributed by atoms with Crippen molar-refractivity contribution in [1.82, 2.24) is 9.97 Å². The Bertz CT molecular complexity index is 1110. The first-order chi connectivity index (χ1) is 15.0. The molecule has 1 aliphatic carbocycles. The normalized spacial score (nSPS) is 15.4. The second-order valence-corrected chi connectivity index (χ2v) is 7.77. The molecule has 0 radical (unpaired) electrons. The molecular weight excluding hydrogens is 390 g/mol. The standard InChI is InChI=1S/C25H27N3O3/c1-5-16-6-8-18(9-7-16)27-25-26-15(2)24-21(28-25)12-17(13-22(24)29)20-11-10-19(30-3)14-23(20)31-4/h6-11,14,17H,5,12-13H2,1-4H3,(H,26,27,28). The largest absolute Gasteiger partial charge is 0.497 e. The quantitative estimate of drug-likeness (QED) is 0.607. The average Bonchev–Trinajstić information content (AvgIpc) is 2.78. The van der Waals surface area contributed by atoms with Crippen LogP contribution in [0.4, 0.5) is 11.6 Å². The zero-order chi connectivity index (χ0) is 22.0. The van der Waals surface area contributed by atoms with Crippen molar-refractivity contribution in [1.29, 1.82) is 0 Å². The lowest BCUT2D eigenvalue weighted by atomic mass is 9.81. The van der Waals surface area contributed by atoms with E-state index in [0.29, 0.717) is 30.0 Å². The summed E-state index contributed by atoms with van der Waals surface area (Å²) in [5.41, 5.74) is 5.32. The van der Waals surface area contributed by atoms with E-state index in [1.54, 1.807) is 14.2 Å². The van der Waals surface area contributed by atoms with E-state index in [0.717, 1.165) is 34.9 Å². The molecule has 0 amide bonds. The zero-order valence-electron chi connectivity index (χ0n) is 18.4. The molecule has 1 aromatic heterocycles. The van der Waals surface area contributed by atoms with Gasteiger partial charge in [-0.2, -0.15) is 0 Å². The summed E-state index contributed by atoms with van der Waals surface area (Å²) < 4.78 is 10.9. The van der Waals surface area contributed by atoms with Gasteiger partial charge in [-0.15, -0.1) is 0 Å². The first kappa shape index (κ1) is 20.8. The van der Waals surface area contributed by atoms with E-state index < -0.39 is 0 Å². The lowest BCUT2D eigenvalue weighted by molar-refractivity contribution is 0.0961. The van der Waals surface area contributed by atoms with Gasteiger partial charge >= 0.3 is 0 Å². The minimum absolute atomic E-state index is 0.00755. The van der Waals surface area contributed by atoms with Crippen LogP contribution in [0.3, 0.4) is 0 Å². The number of carbonyl (C=O) groups is 1. The van der Waals surface area contributed by atoms with Crippen molar-refractivity contribution in [2.24, 2.45) is 0 Å². The lowest BCUT2D eigenvalue weighted by Gasteiger charge is -2.26. The highest BCUT2D eigenvalue weighted by atomic mass is 16.5. The molecule has 0 bridgehead atoms. The smallest absolute Gasteiger partial charge is 0.227 e. The van der Waals surface area contributed by atoms with Crippen molar-refractivity contribution in [3.05, 3.63) is 70.5 Å². The fourth-order valence-corrected chi connectivity index (χ4v) is 4.16. The number of hydrogen-bond acceptors (Lipinski definition) is 6. The van der Waals surface area contributed by atoms with Gasteiger partial charge in [-0.25, -0.2) is 9.97 Å². The number of carbonyl (C=O) groups excluding carboxylic acids is 1. The van der Waals surface area contributed by atoms with Crippen LogP contribution in [-0.2, 0) is 12.8 Å². The lowest BCUT2D eigenvalue weighted by Crippen LogP contribution is -2.23. The number of nitrogens with zero attached hydrogens (tertiary/aromatic N) is 2. The predicted octanol–water partition coefficient (Wildman–Crippen LogP) is 5.02. The molecule has 160 valence electrons. The topological polar surface area (TPSA) is 73.3 Å². The van der Waals surface area contributed by atoms with Crippen molar-refractivity contribution in [2.75, 3.05) is 19.5 Å². The summed E-state index contributed by atoms with van der Waals surface area (Å²) in [5, 5.41) is 3.28. The van der Waals surface area contributed by atoms with Crippen LogP contribution in [0.5, 0.6) is 11.5 Å². The maximum Gasteiger partial charge on any atom is 0.227 e. The Kier molecular flexibility index (Phi) is 5.89. The van der Waals surface area contributed by atoms with Crippen molar-refractivity contribution in [3.63, 3.8) is 0 Å². The number of ketones is 1. The summed E-state index contributed by atoms with van der Waals surface area (Å²) in [7, 11) is 3.26. The number of nitrogens with one attached hydrogen (secondary N) is 1. The molecule has 1 aliphatic rings. The number of aryl methyl sites for hydroxylation is 2. The highest BCUT2D eigenvalue weighted by Gasteiger charge is 2.31. The van der Waals surface area contributed by atoms with Crippen LogP contribution in [0.1, 0.15) is 52.1 Å². The van der Waals surface area contributed by atoms with Crippen molar-refractivity contribution in [2.45, 2.75) is 39.0 Å². The van der Waals surface area contributed by atoms with Crippen LogP contribution in [0, 0.1) is 6.92 Å². The second kappa shape index (κ2) is 8.76. The first-order valence-corrected chi connectivity index (χ1v) is 10.5. The third-order valence-electron chi connectivity index (χ3n) is 5.81. The maximum absolute atomic E-state index is 13.0. The molecule has 6 nitrogen and oxygen atoms in total. The van der Waals surface area contributed by atoms with Crippen molar-refractivity contribution < 1.29 is 14.3 Å². The maximum atomic E-state index is 13.0. The molecular formula is C25H27N3O3. The predicted molar refractivity (Wildman–Crippen MR) is 121 cm³/mol. The number of hydrogen-bond donors (Lipinski definition) is 1. The van der Waals surface area contributed by atoms with E-state index in [9.17, 15) is 4.79 Å². The Morgan fingerprint density at radius 1 is 1.03 bits per heavy atom. The Morgan fingerprint density at radius 3 is 2.48 bits per heavy atom. The van der Waals surface area contributed by atoms with Gasteiger partial charge in [0.2, 0.25) is 5.95 Å². The van der Waals surface area contributed by atoms with Gasteiger partial charge in [0.15, 0.2) is 5.78 Å². The molecule has 1 heterocycles. The van der Waals surface area contributed by atoms with Crippen LogP contribution >= 0.6 is 0 Å². The third-order valence-corrected chi connectivity index (χ3v) is 5.81. The van der Waals surface area contributed by atoms with Crippen LogP contribution in [-0.4, -0.2) is 30.0 Å². The number of methoxy groups -OCH3 is 2. The average molecular weight is 418 g/mol. The number of rotatable bonds is 6. The Hall–Kier alpha value is -3.41. The fraction of sp³-hybridized carbons (Fsp3) is 0.320. The molecule has 4 rings (SSSR count). The molecule has 3 aromatic rings. The first-order valence-electron chi connectivity index (χ1n) is 10.5. The van der Waals surface area contributed by atoms with Crippen LogP contribution in [0.15, 0.2) is 42.5 Å². The molecule has 0 spiro atoms. The van der Waals surface area contributed by atoms with E-state index in [2.05, 4.69) is 29.4 Å². The Morgan fingerprint density at radius 2 is 1.81 bits per heavy atom. The number of Topliss-reactive ketones (excluding diaryl/α,β-unsaturated/α-hetero) is 1. The summed E-state index contributed by atoms with van der Waals surface area (Å²) >= 11 is 0. The molecule has 0 fully saturated rings. The summed E-state index contributed by atoms with van der Waals surface area (Å²) in [5.74, 6) is 2.02. The van der Waals surface area contributed by atoms with Crippen LogP contribution in [0.2, 0.25) is 0 Å². The van der Waals surface area contributed by atoms with Gasteiger partial charge in [0.25, 0.3) is 0 Å². The Balaban J connectivity index is 1.65. The third kappa shape index (κ3) is 4.24. The monoisotopic (exact) mass is 417 g/mol. The summed E-state index contributed by atoms with van der Waals surface area (Å²) in [4.78, 5) is 22.3. The summed E-state index contributed by atoms with van der Waals surface area (Å²) in [6.45, 7) is 4.00. The summed E-state index contributed by atoms with van der Waals surface area (Å²) in [6, 6.07) is 13.9. The molecule has 0 aliphatic heterocycles. The number of fused-ring (bicyclic) bond motifs is 1. The minimum atomic E-state index is -0.00755. The van der Waals surface area contributed by atoms with E-state index >= 15 is 0 Å². The zero-order valence-corrected chi connectivity index (χ0v) is 18.4. The van der Waals surface area contributed by atoms with Gasteiger partial charge < -0.3 is 14.8 Å². The molecule has 6 heteroatoms. The molecule has 1 unspecified atom stereocenters. The van der Waals surface area contributed by atoms with Crippen LogP contribution in [0.25, 0.3) is 0 Å². The van der Waals surface area contributed by atoms with Gasteiger partial charge in [0, 0.05) is 24.1 Å². The molecule has 1 atom stereocenters. The fourth-order valence-electron chi connectivity index (χ4n) is 4.16. The number of benzene rings is 2. The molecule has 2 aromatic carbocycles. The Labute approximate surface area is 182 Å². The van der Waals surface area contributed by atoms with Crippen LogP contribution < -0.4 is 14.8 Å². The molecule has 0 saturated carbocycles. The molecule has 0 saturated heterocycles. The number of ether oxygens (including phenoxy) is 2. The minimum Gasteiger partial charge on any atom is -0.497 e. The van der Waals surface area contributed by atoms with E-state index in [-0.39, 0.29) is 11.7 Å². The molecule has 1 N–H and O–H groups in total. The van der Waals surface area contributed by atoms with Gasteiger partial charge in [0.05, 0.1) is 31.2 Å². The van der Waals surface area contributed by atoms with E-state index in [1.165, 1.54) is 5.56 Å². The highest BCUT2D eigenvalue weighted by Crippen LogP contribution is 2.39. The van der Waals surface area contributed by atoms with Gasteiger partial charge in [-0.3, -0.25) is 4.79 Å². The van der Waals surface area contributed by atoms with Gasteiger partial charge in [-0.05, 0) is 49.1 Å². The summed E-state index contributed by atoms with van der Waals surface area (Å²) in [6.07, 6.45) is 2.05.